The van der Waals surface area contributed by atoms with Crippen molar-refractivity contribution in [2.75, 3.05) is 54.5 Å². The van der Waals surface area contributed by atoms with Crippen molar-refractivity contribution in [1.82, 2.24) is 19.4 Å². The molecular formula is C27H33N7O2S. The van der Waals surface area contributed by atoms with Crippen LogP contribution in [0.1, 0.15) is 12.5 Å². The summed E-state index contributed by atoms with van der Waals surface area (Å²) in [7, 11) is 0.373. The number of sulfonamides is 1. The minimum absolute atomic E-state index is 0.480. The molecule has 4 aromatic rings. The predicted octanol–water partition coefficient (Wildman–Crippen LogP) is 3.76. The van der Waals surface area contributed by atoms with E-state index in [1.165, 1.54) is 16.2 Å². The molecule has 1 fully saturated rings. The second-order valence-corrected chi connectivity index (χ2v) is 11.7. The standard InChI is InChI=1S/C27H33N7O2S/c1-20-18-33(16-15-31(20)2)24-11-9-23(10-12-24)29-27-28-17-21-13-14-34(26(21)30-27)19-22-7-5-6-8-25(22)32(3)37(4,35)36/h5-14,17,20H,15-16,18-19H2,1-4H3,(H,28,29,30). The first-order valence-corrected chi connectivity index (χ1v) is 14.2. The molecule has 2 aromatic heterocycles. The molecule has 2 aromatic carbocycles. The summed E-state index contributed by atoms with van der Waals surface area (Å²) in [6.45, 7) is 5.84. The van der Waals surface area contributed by atoms with Gasteiger partial charge in [0, 0.05) is 61.9 Å². The highest BCUT2D eigenvalue weighted by Crippen LogP contribution is 2.26. The fraction of sp³-hybridized carbons (Fsp3) is 0.333. The van der Waals surface area contributed by atoms with Crippen molar-refractivity contribution in [1.29, 1.82) is 0 Å². The van der Waals surface area contributed by atoms with Crippen molar-refractivity contribution in [2.24, 2.45) is 0 Å². The zero-order valence-electron chi connectivity index (χ0n) is 21.7. The molecule has 1 aliphatic heterocycles. The van der Waals surface area contributed by atoms with Gasteiger partial charge in [-0.1, -0.05) is 18.2 Å². The molecule has 194 valence electrons. The van der Waals surface area contributed by atoms with E-state index in [-0.39, 0.29) is 0 Å². The van der Waals surface area contributed by atoms with Gasteiger partial charge in [0.2, 0.25) is 16.0 Å². The van der Waals surface area contributed by atoms with Gasteiger partial charge in [0.1, 0.15) is 5.65 Å². The third kappa shape index (κ3) is 5.40. The molecule has 0 aliphatic carbocycles. The quantitative estimate of drug-likeness (QED) is 0.398. The number of fused-ring (bicyclic) bond motifs is 1. The highest BCUT2D eigenvalue weighted by Gasteiger charge is 2.21. The van der Waals surface area contributed by atoms with Gasteiger partial charge < -0.3 is 19.7 Å². The highest BCUT2D eigenvalue weighted by atomic mass is 32.2. The summed E-state index contributed by atoms with van der Waals surface area (Å²) < 4.78 is 27.6. The fourth-order valence-electron chi connectivity index (χ4n) is 4.64. The molecule has 0 spiro atoms. The van der Waals surface area contributed by atoms with Gasteiger partial charge >= 0.3 is 0 Å². The van der Waals surface area contributed by atoms with E-state index in [0.717, 1.165) is 41.9 Å². The van der Waals surface area contributed by atoms with E-state index in [2.05, 4.69) is 58.3 Å². The van der Waals surface area contributed by atoms with E-state index in [0.29, 0.717) is 24.2 Å². The molecule has 0 saturated carbocycles. The molecular weight excluding hydrogens is 486 g/mol. The van der Waals surface area contributed by atoms with Gasteiger partial charge in [0.25, 0.3) is 0 Å². The van der Waals surface area contributed by atoms with Crippen LogP contribution in [0.2, 0.25) is 0 Å². The number of piperazine rings is 1. The summed E-state index contributed by atoms with van der Waals surface area (Å²) in [5, 5.41) is 4.24. The molecule has 0 bridgehead atoms. The maximum atomic E-state index is 12.1. The number of benzene rings is 2. The Morgan fingerprint density at radius 3 is 2.57 bits per heavy atom. The molecule has 37 heavy (non-hydrogen) atoms. The SMILES string of the molecule is CC1CN(c2ccc(Nc3ncc4ccn(Cc5ccccc5N(C)S(C)(=O)=O)c4n3)cc2)CCN1C. The lowest BCUT2D eigenvalue weighted by Crippen LogP contribution is -2.50. The average molecular weight is 520 g/mol. The number of hydrogen-bond donors (Lipinski definition) is 1. The first kappa shape index (κ1) is 25.0. The van der Waals surface area contributed by atoms with Crippen LogP contribution < -0.4 is 14.5 Å². The lowest BCUT2D eigenvalue weighted by atomic mass is 10.1. The predicted molar refractivity (Wildman–Crippen MR) is 150 cm³/mol. The van der Waals surface area contributed by atoms with Crippen molar-refractivity contribution in [3.8, 4) is 0 Å². The summed E-state index contributed by atoms with van der Waals surface area (Å²) in [4.78, 5) is 14.1. The van der Waals surface area contributed by atoms with Crippen molar-refractivity contribution in [3.63, 3.8) is 0 Å². The second-order valence-electron chi connectivity index (χ2n) is 9.72. The Labute approximate surface area is 218 Å². The maximum Gasteiger partial charge on any atom is 0.232 e. The largest absolute Gasteiger partial charge is 0.369 e. The number of para-hydroxylation sites is 1. The third-order valence-corrected chi connectivity index (χ3v) is 8.31. The van der Waals surface area contributed by atoms with Gasteiger partial charge in [-0.2, -0.15) is 4.98 Å². The van der Waals surface area contributed by atoms with Gasteiger partial charge in [-0.05, 0) is 55.9 Å². The summed E-state index contributed by atoms with van der Waals surface area (Å²) in [6, 6.07) is 18.4. The van der Waals surface area contributed by atoms with E-state index < -0.39 is 10.0 Å². The maximum absolute atomic E-state index is 12.1. The number of aromatic nitrogens is 3. The Kier molecular flexibility index (Phi) is 6.78. The molecule has 0 radical (unpaired) electrons. The van der Waals surface area contributed by atoms with Gasteiger partial charge in [-0.3, -0.25) is 4.31 Å². The van der Waals surface area contributed by atoms with E-state index in [4.69, 9.17) is 4.98 Å². The average Bonchev–Trinajstić information content (AvgIpc) is 3.27. The Hall–Kier alpha value is -3.63. The number of likely N-dealkylation sites (N-methyl/N-ethyl adjacent to an activating group) is 1. The van der Waals surface area contributed by atoms with Crippen LogP contribution in [-0.4, -0.2) is 73.9 Å². The van der Waals surface area contributed by atoms with Crippen LogP contribution in [0.15, 0.2) is 67.0 Å². The number of hydrogen-bond acceptors (Lipinski definition) is 7. The topological polar surface area (TPSA) is 86.6 Å². The van der Waals surface area contributed by atoms with Gasteiger partial charge in [-0.25, -0.2) is 13.4 Å². The van der Waals surface area contributed by atoms with Crippen LogP contribution >= 0.6 is 0 Å². The molecule has 3 heterocycles. The molecule has 1 N–H and O–H groups in total. The van der Waals surface area contributed by atoms with Gasteiger partial charge in [0.15, 0.2) is 0 Å². The molecule has 1 atom stereocenters. The first-order valence-electron chi connectivity index (χ1n) is 12.3. The minimum Gasteiger partial charge on any atom is -0.369 e. The first-order chi connectivity index (χ1) is 17.7. The van der Waals surface area contributed by atoms with E-state index in [1.54, 1.807) is 13.2 Å². The Balaban J connectivity index is 1.35. The summed E-state index contributed by atoms with van der Waals surface area (Å²) in [6.07, 6.45) is 4.96. The van der Waals surface area contributed by atoms with Crippen LogP contribution in [0.5, 0.6) is 0 Å². The van der Waals surface area contributed by atoms with Crippen LogP contribution in [0.25, 0.3) is 11.0 Å². The molecule has 1 unspecified atom stereocenters. The van der Waals surface area contributed by atoms with Crippen molar-refractivity contribution in [2.45, 2.75) is 19.5 Å². The van der Waals surface area contributed by atoms with Crippen molar-refractivity contribution in [3.05, 3.63) is 72.6 Å². The normalized spacial score (nSPS) is 16.8. The monoisotopic (exact) mass is 519 g/mol. The van der Waals surface area contributed by atoms with Crippen molar-refractivity contribution >= 4 is 44.1 Å². The van der Waals surface area contributed by atoms with E-state index >= 15 is 0 Å². The summed E-state index contributed by atoms with van der Waals surface area (Å²) in [5.41, 5.74) is 4.44. The van der Waals surface area contributed by atoms with E-state index in [9.17, 15) is 8.42 Å². The van der Waals surface area contributed by atoms with Gasteiger partial charge in [0.05, 0.1) is 18.5 Å². The van der Waals surface area contributed by atoms with Crippen LogP contribution in [0, 0.1) is 0 Å². The Morgan fingerprint density at radius 2 is 1.84 bits per heavy atom. The second kappa shape index (κ2) is 10.0. The zero-order chi connectivity index (χ0) is 26.2. The molecule has 1 aliphatic rings. The van der Waals surface area contributed by atoms with Crippen LogP contribution in [0.3, 0.4) is 0 Å². The third-order valence-electron chi connectivity index (χ3n) is 7.12. The fourth-order valence-corrected chi connectivity index (χ4v) is 5.18. The molecule has 1 saturated heterocycles. The van der Waals surface area contributed by atoms with Crippen LogP contribution in [-0.2, 0) is 16.6 Å². The lowest BCUT2D eigenvalue weighted by Gasteiger charge is -2.39. The smallest absolute Gasteiger partial charge is 0.232 e. The number of anilines is 4. The summed E-state index contributed by atoms with van der Waals surface area (Å²) in [5.74, 6) is 0.509. The lowest BCUT2D eigenvalue weighted by molar-refractivity contribution is 0.234. The Bertz CT molecular complexity index is 1500. The van der Waals surface area contributed by atoms with Crippen LogP contribution in [0.4, 0.5) is 23.0 Å². The number of nitrogens with one attached hydrogen (secondary N) is 1. The molecule has 5 rings (SSSR count). The summed E-state index contributed by atoms with van der Waals surface area (Å²) >= 11 is 0. The van der Waals surface area contributed by atoms with Gasteiger partial charge in [-0.15, -0.1) is 0 Å². The number of nitrogens with zero attached hydrogens (tertiary/aromatic N) is 6. The zero-order valence-corrected chi connectivity index (χ0v) is 22.5. The van der Waals surface area contributed by atoms with Crippen molar-refractivity contribution < 1.29 is 8.42 Å². The highest BCUT2D eigenvalue weighted by molar-refractivity contribution is 7.92. The molecule has 0 amide bonds. The Morgan fingerprint density at radius 1 is 1.08 bits per heavy atom. The molecule has 10 heteroatoms. The molecule has 9 nitrogen and oxygen atoms in total. The van der Waals surface area contributed by atoms with E-state index in [1.807, 2.05) is 41.1 Å². The number of rotatable bonds is 7. The minimum atomic E-state index is -3.37.